The highest BCUT2D eigenvalue weighted by Crippen LogP contribution is 2.37. The molecule has 0 aliphatic heterocycles. The van der Waals surface area contributed by atoms with Crippen molar-refractivity contribution >= 4 is 40.3 Å². The van der Waals surface area contributed by atoms with Crippen LogP contribution in [0.15, 0.2) is 33.9 Å². The van der Waals surface area contributed by atoms with E-state index < -0.39 is 11.1 Å². The SMILES string of the molecule is Nc1nc(N)c(-c2c(-c3ccc(Cl)cc3)[nH]c3nc(N)[nH]c(=O)c23)c(=O)[nH]1. The van der Waals surface area contributed by atoms with Crippen LogP contribution in [0.5, 0.6) is 0 Å². The van der Waals surface area contributed by atoms with Gasteiger partial charge in [-0.05, 0) is 17.7 Å². The molecule has 0 saturated carbocycles. The van der Waals surface area contributed by atoms with Crippen LogP contribution in [0.3, 0.4) is 0 Å². The molecule has 11 heteroatoms. The van der Waals surface area contributed by atoms with E-state index in [1.165, 1.54) is 0 Å². The number of H-pyrrole nitrogens is 3. The summed E-state index contributed by atoms with van der Waals surface area (Å²) in [6.07, 6.45) is 0. The molecule has 0 saturated heterocycles. The first-order valence-corrected chi connectivity index (χ1v) is 8.06. The molecule has 3 aromatic heterocycles. The van der Waals surface area contributed by atoms with E-state index in [0.29, 0.717) is 16.3 Å². The fraction of sp³-hybridized carbons (Fsp3) is 0. The van der Waals surface area contributed by atoms with Gasteiger partial charge in [0.05, 0.1) is 16.6 Å². The molecule has 136 valence electrons. The van der Waals surface area contributed by atoms with Gasteiger partial charge in [-0.1, -0.05) is 23.7 Å². The number of rotatable bonds is 2. The maximum atomic E-state index is 12.6. The van der Waals surface area contributed by atoms with Crippen LogP contribution in [0.2, 0.25) is 5.02 Å². The maximum absolute atomic E-state index is 12.6. The van der Waals surface area contributed by atoms with E-state index in [1.54, 1.807) is 24.3 Å². The summed E-state index contributed by atoms with van der Waals surface area (Å²) in [5.41, 5.74) is 17.5. The minimum atomic E-state index is -0.590. The number of hydrogen-bond donors (Lipinski definition) is 6. The zero-order valence-electron chi connectivity index (χ0n) is 13.6. The molecular formula is C16H13ClN8O2. The van der Waals surface area contributed by atoms with E-state index >= 15 is 0 Å². The molecule has 9 N–H and O–H groups in total. The van der Waals surface area contributed by atoms with Gasteiger partial charge in [0.2, 0.25) is 11.9 Å². The van der Waals surface area contributed by atoms with Crippen molar-refractivity contribution in [2.24, 2.45) is 0 Å². The third-order valence-electron chi connectivity index (χ3n) is 4.03. The minimum absolute atomic E-state index is 0.00234. The summed E-state index contributed by atoms with van der Waals surface area (Å²) in [5, 5.41) is 0.654. The average Bonchev–Trinajstić information content (AvgIpc) is 2.94. The van der Waals surface area contributed by atoms with Gasteiger partial charge in [0.15, 0.2) is 0 Å². The van der Waals surface area contributed by atoms with Crippen molar-refractivity contribution in [3.8, 4) is 22.4 Å². The Labute approximate surface area is 155 Å². The topological polar surface area (TPSA) is 185 Å². The molecule has 10 nitrogen and oxygen atoms in total. The van der Waals surface area contributed by atoms with Gasteiger partial charge in [-0.2, -0.15) is 9.97 Å². The highest BCUT2D eigenvalue weighted by atomic mass is 35.5. The van der Waals surface area contributed by atoms with Crippen molar-refractivity contribution in [1.82, 2.24) is 24.9 Å². The predicted octanol–water partition coefficient (Wildman–Crippen LogP) is 1.07. The van der Waals surface area contributed by atoms with Crippen molar-refractivity contribution in [3.63, 3.8) is 0 Å². The van der Waals surface area contributed by atoms with Crippen LogP contribution in [0.25, 0.3) is 33.4 Å². The molecule has 1 aromatic carbocycles. The third kappa shape index (κ3) is 2.68. The van der Waals surface area contributed by atoms with Crippen LogP contribution in [0, 0.1) is 0 Å². The van der Waals surface area contributed by atoms with E-state index in [-0.39, 0.29) is 39.9 Å². The number of nitrogen functional groups attached to an aromatic ring is 3. The van der Waals surface area contributed by atoms with Crippen LogP contribution in [0.4, 0.5) is 17.7 Å². The Hall–Kier alpha value is -3.79. The average molecular weight is 385 g/mol. The summed E-state index contributed by atoms with van der Waals surface area (Å²) in [7, 11) is 0. The standard InChI is InChI=1S/C16H13ClN8O2/c17-6-3-1-5(2-4-6)10-7(8-11(18)22-15(19)24-13(8)26)9-12(21-10)23-16(20)25-14(9)27/h1-4H,(H5,18,19,22,24,26)(H4,20,21,23,25,27). The molecule has 0 bridgehead atoms. The van der Waals surface area contributed by atoms with Crippen LogP contribution < -0.4 is 28.3 Å². The molecule has 0 radical (unpaired) electrons. The van der Waals surface area contributed by atoms with Gasteiger partial charge < -0.3 is 22.2 Å². The lowest BCUT2D eigenvalue weighted by Crippen LogP contribution is -2.18. The predicted molar refractivity (Wildman–Crippen MR) is 104 cm³/mol. The normalized spacial score (nSPS) is 11.1. The lowest BCUT2D eigenvalue weighted by atomic mass is 10.0. The van der Waals surface area contributed by atoms with E-state index in [0.717, 1.165) is 0 Å². The summed E-state index contributed by atoms with van der Waals surface area (Å²) >= 11 is 5.96. The van der Waals surface area contributed by atoms with E-state index in [2.05, 4.69) is 24.9 Å². The number of halogens is 1. The van der Waals surface area contributed by atoms with E-state index in [9.17, 15) is 9.59 Å². The first kappa shape index (κ1) is 16.7. The molecule has 4 aromatic rings. The summed E-state index contributed by atoms with van der Waals surface area (Å²) in [4.78, 5) is 41.0. The Morgan fingerprint density at radius 2 is 1.44 bits per heavy atom. The molecule has 0 spiro atoms. The molecule has 27 heavy (non-hydrogen) atoms. The van der Waals surface area contributed by atoms with Crippen LogP contribution in [0.1, 0.15) is 0 Å². The second-order valence-corrected chi connectivity index (χ2v) is 6.20. The fourth-order valence-corrected chi connectivity index (χ4v) is 3.08. The molecule has 0 aliphatic carbocycles. The summed E-state index contributed by atoms with van der Waals surface area (Å²) < 4.78 is 0. The number of nitrogens with two attached hydrogens (primary N) is 3. The first-order chi connectivity index (χ1) is 12.8. The number of aromatic amines is 3. The number of fused-ring (bicyclic) bond motifs is 1. The second kappa shape index (κ2) is 5.88. The number of aromatic nitrogens is 5. The van der Waals surface area contributed by atoms with Crippen molar-refractivity contribution < 1.29 is 0 Å². The smallest absolute Gasteiger partial charge is 0.262 e. The van der Waals surface area contributed by atoms with Gasteiger partial charge in [0.25, 0.3) is 11.1 Å². The molecule has 4 rings (SSSR count). The monoisotopic (exact) mass is 384 g/mol. The Balaban J connectivity index is 2.18. The lowest BCUT2D eigenvalue weighted by Gasteiger charge is -2.07. The van der Waals surface area contributed by atoms with Crippen LogP contribution in [-0.2, 0) is 0 Å². The number of nitrogens with zero attached hydrogens (tertiary/aromatic N) is 2. The Bertz CT molecular complexity index is 1300. The molecule has 0 fully saturated rings. The fourth-order valence-electron chi connectivity index (χ4n) is 2.95. The van der Waals surface area contributed by atoms with Crippen molar-refractivity contribution in [2.75, 3.05) is 17.2 Å². The van der Waals surface area contributed by atoms with E-state index in [4.69, 9.17) is 28.8 Å². The summed E-state index contributed by atoms with van der Waals surface area (Å²) in [6.45, 7) is 0. The summed E-state index contributed by atoms with van der Waals surface area (Å²) in [6, 6.07) is 6.80. The van der Waals surface area contributed by atoms with Gasteiger partial charge in [-0.15, -0.1) is 0 Å². The number of benzene rings is 1. The minimum Gasteiger partial charge on any atom is -0.383 e. The van der Waals surface area contributed by atoms with Crippen LogP contribution >= 0.6 is 11.6 Å². The van der Waals surface area contributed by atoms with Gasteiger partial charge in [0, 0.05) is 10.6 Å². The van der Waals surface area contributed by atoms with Crippen molar-refractivity contribution in [2.45, 2.75) is 0 Å². The zero-order chi connectivity index (χ0) is 19.3. The largest absolute Gasteiger partial charge is 0.383 e. The Morgan fingerprint density at radius 1 is 0.815 bits per heavy atom. The van der Waals surface area contributed by atoms with Crippen molar-refractivity contribution in [3.05, 3.63) is 50.0 Å². The third-order valence-corrected chi connectivity index (χ3v) is 4.28. The number of anilines is 3. The van der Waals surface area contributed by atoms with E-state index in [1.807, 2.05) is 0 Å². The van der Waals surface area contributed by atoms with Gasteiger partial charge in [-0.3, -0.25) is 19.6 Å². The lowest BCUT2D eigenvalue weighted by molar-refractivity contribution is 1.15. The Kier molecular flexibility index (Phi) is 3.63. The summed E-state index contributed by atoms with van der Waals surface area (Å²) in [5.74, 6) is -0.325. The highest BCUT2D eigenvalue weighted by molar-refractivity contribution is 6.30. The number of nitrogens with one attached hydrogen (secondary N) is 3. The highest BCUT2D eigenvalue weighted by Gasteiger charge is 2.24. The van der Waals surface area contributed by atoms with Crippen LogP contribution in [-0.4, -0.2) is 24.9 Å². The number of hydrogen-bond acceptors (Lipinski definition) is 7. The molecule has 3 heterocycles. The van der Waals surface area contributed by atoms with Gasteiger partial charge in [0.1, 0.15) is 11.5 Å². The van der Waals surface area contributed by atoms with Gasteiger partial charge in [-0.25, -0.2) is 0 Å². The quantitative estimate of drug-likeness (QED) is 0.298. The molecule has 0 amide bonds. The van der Waals surface area contributed by atoms with Crippen molar-refractivity contribution in [1.29, 1.82) is 0 Å². The Morgan fingerprint density at radius 3 is 2.11 bits per heavy atom. The maximum Gasteiger partial charge on any atom is 0.262 e. The van der Waals surface area contributed by atoms with Gasteiger partial charge >= 0.3 is 0 Å². The zero-order valence-corrected chi connectivity index (χ0v) is 14.4. The second-order valence-electron chi connectivity index (χ2n) is 5.77. The molecular weight excluding hydrogens is 372 g/mol. The first-order valence-electron chi connectivity index (χ1n) is 7.68. The molecule has 0 unspecified atom stereocenters. The molecule has 0 aliphatic rings. The molecule has 0 atom stereocenters.